The van der Waals surface area contributed by atoms with Crippen molar-refractivity contribution in [2.24, 2.45) is 0 Å². The van der Waals surface area contributed by atoms with Crippen molar-refractivity contribution in [3.8, 4) is 0 Å². The highest BCUT2D eigenvalue weighted by atomic mass is 16.5. The van der Waals surface area contributed by atoms with Crippen LogP contribution in [0.1, 0.15) is 30.6 Å². The van der Waals surface area contributed by atoms with Gasteiger partial charge in [0.05, 0.1) is 11.0 Å². The maximum atomic E-state index is 9.91. The van der Waals surface area contributed by atoms with Crippen molar-refractivity contribution in [1.29, 1.82) is 0 Å². The Morgan fingerprint density at radius 2 is 2.19 bits per heavy atom. The standard InChI is InChI=1S/C14H17N5O2/c1-8(20)14-17-11-7-10(15)3-4-12(11)19(14)6-5-13-16-9(2)18-21-13/h3-4,7-8,20H,5-6,15H2,1-2H3. The molecule has 21 heavy (non-hydrogen) atoms. The number of aromatic nitrogens is 4. The smallest absolute Gasteiger partial charge is 0.228 e. The van der Waals surface area contributed by atoms with Crippen LogP contribution in [0.15, 0.2) is 22.7 Å². The number of imidazole rings is 1. The molecular weight excluding hydrogens is 270 g/mol. The van der Waals surface area contributed by atoms with E-state index >= 15 is 0 Å². The van der Waals surface area contributed by atoms with E-state index in [0.29, 0.717) is 36.2 Å². The second-order valence-electron chi connectivity index (χ2n) is 5.03. The molecule has 1 unspecified atom stereocenters. The first kappa shape index (κ1) is 13.6. The Labute approximate surface area is 121 Å². The molecule has 3 rings (SSSR count). The number of aliphatic hydroxyl groups excluding tert-OH is 1. The Balaban J connectivity index is 1.97. The van der Waals surface area contributed by atoms with E-state index in [1.54, 1.807) is 19.9 Å². The SMILES string of the molecule is Cc1noc(CCn2c(C(C)O)nc3cc(N)ccc32)n1. The van der Waals surface area contributed by atoms with Crippen molar-refractivity contribution >= 4 is 16.7 Å². The molecule has 3 N–H and O–H groups in total. The van der Waals surface area contributed by atoms with E-state index in [1.807, 2.05) is 16.7 Å². The zero-order valence-electron chi connectivity index (χ0n) is 11.9. The summed E-state index contributed by atoms with van der Waals surface area (Å²) in [4.78, 5) is 8.64. The number of benzene rings is 1. The number of aryl methyl sites for hydroxylation is 3. The first-order chi connectivity index (χ1) is 10.0. The minimum atomic E-state index is -0.664. The number of hydrogen-bond donors (Lipinski definition) is 2. The van der Waals surface area contributed by atoms with Gasteiger partial charge in [-0.15, -0.1) is 0 Å². The van der Waals surface area contributed by atoms with Crippen molar-refractivity contribution in [2.75, 3.05) is 5.73 Å². The van der Waals surface area contributed by atoms with E-state index in [9.17, 15) is 5.11 Å². The number of anilines is 1. The molecule has 3 aromatic rings. The minimum absolute atomic E-state index is 0.571. The van der Waals surface area contributed by atoms with E-state index < -0.39 is 6.10 Å². The van der Waals surface area contributed by atoms with Crippen LogP contribution in [0.2, 0.25) is 0 Å². The fourth-order valence-electron chi connectivity index (χ4n) is 2.37. The molecule has 0 saturated carbocycles. The molecular formula is C14H17N5O2. The van der Waals surface area contributed by atoms with Gasteiger partial charge in [0.15, 0.2) is 5.82 Å². The molecule has 2 heterocycles. The lowest BCUT2D eigenvalue weighted by molar-refractivity contribution is 0.184. The van der Waals surface area contributed by atoms with E-state index in [1.165, 1.54) is 0 Å². The maximum absolute atomic E-state index is 9.91. The van der Waals surface area contributed by atoms with Gasteiger partial charge in [0.1, 0.15) is 11.9 Å². The summed E-state index contributed by atoms with van der Waals surface area (Å²) >= 11 is 0. The molecule has 0 saturated heterocycles. The zero-order valence-corrected chi connectivity index (χ0v) is 11.9. The maximum Gasteiger partial charge on any atom is 0.228 e. The number of hydrogen-bond acceptors (Lipinski definition) is 6. The van der Waals surface area contributed by atoms with E-state index in [0.717, 1.165) is 11.0 Å². The van der Waals surface area contributed by atoms with Gasteiger partial charge in [-0.05, 0) is 32.0 Å². The van der Waals surface area contributed by atoms with Gasteiger partial charge in [-0.1, -0.05) is 5.16 Å². The zero-order chi connectivity index (χ0) is 15.0. The fraction of sp³-hybridized carbons (Fsp3) is 0.357. The lowest BCUT2D eigenvalue weighted by Crippen LogP contribution is -2.09. The second kappa shape index (κ2) is 5.17. The van der Waals surface area contributed by atoms with Crippen molar-refractivity contribution in [1.82, 2.24) is 19.7 Å². The Hall–Kier alpha value is -2.41. The highest BCUT2D eigenvalue weighted by Gasteiger charge is 2.15. The molecule has 7 heteroatoms. The molecule has 0 aliphatic rings. The quantitative estimate of drug-likeness (QED) is 0.706. The average Bonchev–Trinajstić information content (AvgIpc) is 2.99. The first-order valence-corrected chi connectivity index (χ1v) is 6.77. The number of fused-ring (bicyclic) bond motifs is 1. The van der Waals surface area contributed by atoms with E-state index in [2.05, 4.69) is 15.1 Å². The molecule has 0 spiro atoms. The summed E-state index contributed by atoms with van der Waals surface area (Å²) in [5.74, 6) is 1.79. The van der Waals surface area contributed by atoms with Gasteiger partial charge in [-0.2, -0.15) is 4.98 Å². The number of nitrogen functional groups attached to an aromatic ring is 1. The summed E-state index contributed by atoms with van der Waals surface area (Å²) in [6.45, 7) is 4.07. The number of aliphatic hydroxyl groups is 1. The van der Waals surface area contributed by atoms with Crippen molar-refractivity contribution in [3.05, 3.63) is 35.7 Å². The van der Waals surface area contributed by atoms with Gasteiger partial charge in [0.2, 0.25) is 5.89 Å². The van der Waals surface area contributed by atoms with Crippen LogP contribution in [-0.2, 0) is 13.0 Å². The van der Waals surface area contributed by atoms with Crippen LogP contribution in [0, 0.1) is 6.92 Å². The summed E-state index contributed by atoms with van der Waals surface area (Å²) < 4.78 is 7.07. The normalized spacial score (nSPS) is 12.9. The molecule has 1 aromatic carbocycles. The van der Waals surface area contributed by atoms with Crippen LogP contribution in [0.3, 0.4) is 0 Å². The molecule has 0 amide bonds. The Bertz CT molecular complexity index is 775. The highest BCUT2D eigenvalue weighted by Crippen LogP contribution is 2.23. The Morgan fingerprint density at radius 3 is 2.86 bits per heavy atom. The Morgan fingerprint density at radius 1 is 1.38 bits per heavy atom. The summed E-state index contributed by atoms with van der Waals surface area (Å²) in [6.07, 6.45) is -0.0841. The molecule has 0 fully saturated rings. The van der Waals surface area contributed by atoms with Crippen LogP contribution >= 0.6 is 0 Å². The van der Waals surface area contributed by atoms with E-state index in [4.69, 9.17) is 10.3 Å². The fourth-order valence-corrected chi connectivity index (χ4v) is 2.37. The largest absolute Gasteiger partial charge is 0.399 e. The highest BCUT2D eigenvalue weighted by molar-refractivity contribution is 5.79. The van der Waals surface area contributed by atoms with Crippen LogP contribution in [0.4, 0.5) is 5.69 Å². The van der Waals surface area contributed by atoms with Crippen molar-refractivity contribution in [3.63, 3.8) is 0 Å². The van der Waals surface area contributed by atoms with Crippen molar-refractivity contribution < 1.29 is 9.63 Å². The molecule has 110 valence electrons. The van der Waals surface area contributed by atoms with Gasteiger partial charge in [0, 0.05) is 18.7 Å². The van der Waals surface area contributed by atoms with Gasteiger partial charge < -0.3 is 19.9 Å². The van der Waals surface area contributed by atoms with Crippen molar-refractivity contribution in [2.45, 2.75) is 32.9 Å². The molecule has 1 atom stereocenters. The summed E-state index contributed by atoms with van der Waals surface area (Å²) in [7, 11) is 0. The average molecular weight is 287 g/mol. The van der Waals surface area contributed by atoms with Gasteiger partial charge >= 0.3 is 0 Å². The lowest BCUT2D eigenvalue weighted by Gasteiger charge is -2.09. The van der Waals surface area contributed by atoms with Crippen LogP contribution in [0.25, 0.3) is 11.0 Å². The molecule has 0 radical (unpaired) electrons. The monoisotopic (exact) mass is 287 g/mol. The third kappa shape index (κ3) is 2.59. The van der Waals surface area contributed by atoms with Gasteiger partial charge in [0.25, 0.3) is 0 Å². The van der Waals surface area contributed by atoms with Crippen LogP contribution in [-0.4, -0.2) is 24.8 Å². The van der Waals surface area contributed by atoms with E-state index in [-0.39, 0.29) is 0 Å². The molecule has 0 bridgehead atoms. The Kier molecular flexibility index (Phi) is 3.34. The van der Waals surface area contributed by atoms with Gasteiger partial charge in [-0.3, -0.25) is 0 Å². The lowest BCUT2D eigenvalue weighted by atomic mass is 10.2. The number of rotatable bonds is 4. The predicted octanol–water partition coefficient (Wildman–Crippen LogP) is 1.61. The van der Waals surface area contributed by atoms with Crippen LogP contribution < -0.4 is 5.73 Å². The molecule has 0 aliphatic heterocycles. The first-order valence-electron chi connectivity index (χ1n) is 6.77. The summed E-state index contributed by atoms with van der Waals surface area (Å²) in [5.41, 5.74) is 8.13. The molecule has 0 aliphatic carbocycles. The second-order valence-corrected chi connectivity index (χ2v) is 5.03. The summed E-state index contributed by atoms with van der Waals surface area (Å²) in [6, 6.07) is 5.53. The predicted molar refractivity (Wildman–Crippen MR) is 77.5 cm³/mol. The third-order valence-electron chi connectivity index (χ3n) is 3.29. The van der Waals surface area contributed by atoms with Crippen LogP contribution in [0.5, 0.6) is 0 Å². The number of nitrogens with two attached hydrogens (primary N) is 1. The minimum Gasteiger partial charge on any atom is -0.399 e. The summed E-state index contributed by atoms with van der Waals surface area (Å²) in [5, 5.41) is 13.7. The third-order valence-corrected chi connectivity index (χ3v) is 3.29. The van der Waals surface area contributed by atoms with Gasteiger partial charge in [-0.25, -0.2) is 4.98 Å². The topological polar surface area (TPSA) is 103 Å². The number of nitrogens with zero attached hydrogens (tertiary/aromatic N) is 4. The molecule has 2 aromatic heterocycles. The molecule has 7 nitrogen and oxygen atoms in total.